The van der Waals surface area contributed by atoms with Crippen LogP contribution in [0, 0.1) is 0 Å². The van der Waals surface area contributed by atoms with Gasteiger partial charge in [0.2, 0.25) is 0 Å². The lowest BCUT2D eigenvalue weighted by atomic mass is 10.4. The molecule has 0 saturated carbocycles. The van der Waals surface area contributed by atoms with E-state index in [-0.39, 0.29) is 0 Å². The number of hydrogen-bond donors (Lipinski definition) is 2. The fraction of sp³-hybridized carbons (Fsp3) is 1.00. The predicted octanol–water partition coefficient (Wildman–Crippen LogP) is 0.822. The highest BCUT2D eigenvalue weighted by atomic mass is 15.2. The topological polar surface area (TPSA) is 43.5 Å². The van der Waals surface area contributed by atoms with Crippen molar-refractivity contribution in [3.05, 3.63) is 0 Å². The van der Waals surface area contributed by atoms with Gasteiger partial charge in [0.25, 0.3) is 0 Å². The number of hydrogen-bond acceptors (Lipinski definition) is 8. The molecule has 1 aliphatic heterocycles. The van der Waals surface area contributed by atoms with Crippen molar-refractivity contribution in [3.63, 3.8) is 0 Å². The number of likely N-dealkylation sites (N-methyl/N-ethyl adjacent to an activating group) is 7. The maximum atomic E-state index is 3.11. The molecule has 1 rings (SSSR count). The van der Waals surface area contributed by atoms with Crippen LogP contribution >= 0.6 is 0 Å². The molecule has 0 radical (unpaired) electrons. The highest BCUT2D eigenvalue weighted by Crippen LogP contribution is 1.94. The van der Waals surface area contributed by atoms with Crippen LogP contribution in [0.5, 0.6) is 0 Å². The Morgan fingerprint density at radius 1 is 0.500 bits per heavy atom. The third-order valence-electron chi connectivity index (χ3n) is 6.15. The molecule has 0 aromatic heterocycles. The Labute approximate surface area is 215 Å². The van der Waals surface area contributed by atoms with Gasteiger partial charge in [-0.2, -0.15) is 0 Å². The Hall–Kier alpha value is -0.320. The zero-order valence-electron chi connectivity index (χ0n) is 25.0. The van der Waals surface area contributed by atoms with Gasteiger partial charge < -0.3 is 40.0 Å². The summed E-state index contributed by atoms with van der Waals surface area (Å²) in [6.45, 7) is 20.7. The maximum Gasteiger partial charge on any atom is 0.0107 e. The molecule has 1 heterocycles. The molecule has 8 heteroatoms. The van der Waals surface area contributed by atoms with Crippen LogP contribution in [0.3, 0.4) is 0 Å². The SMILES string of the molecule is CCCN(C)CCC.CN1CCN(C)CCN(C)CCN(C)CC1.CNCCN(C)CCNC. The molecule has 0 amide bonds. The summed E-state index contributed by atoms with van der Waals surface area (Å²) in [6.07, 6.45) is 2.55. The monoisotopic (exact) mass is 489 g/mol. The largest absolute Gasteiger partial charge is 0.318 e. The van der Waals surface area contributed by atoms with E-state index in [9.17, 15) is 0 Å². The minimum absolute atomic E-state index is 1.07. The van der Waals surface area contributed by atoms with Crippen molar-refractivity contribution in [3.8, 4) is 0 Å². The Balaban J connectivity index is 0. The first-order valence-corrected chi connectivity index (χ1v) is 13.6. The molecule has 0 unspecified atom stereocenters. The zero-order valence-corrected chi connectivity index (χ0v) is 25.0. The van der Waals surface area contributed by atoms with E-state index >= 15 is 0 Å². The molecule has 1 saturated heterocycles. The van der Waals surface area contributed by atoms with Gasteiger partial charge in [-0.05, 0) is 82.3 Å². The lowest BCUT2D eigenvalue weighted by Gasteiger charge is -2.28. The lowest BCUT2D eigenvalue weighted by molar-refractivity contribution is 0.181. The van der Waals surface area contributed by atoms with Gasteiger partial charge in [-0.3, -0.25) is 0 Å². The Kier molecular flexibility index (Phi) is 27.2. The molecule has 0 bridgehead atoms. The summed E-state index contributed by atoms with van der Waals surface area (Å²) in [5, 5.41) is 6.23. The standard InChI is InChI=1S/C12H28N4.C7H19N3.C7H17N/c1-13-5-7-14(2)9-11-16(4)12-10-15(3)8-6-13;1-8-4-6-10(3)7-5-9-2;1-4-6-8(3)7-5-2/h5-12H2,1-4H3;8-9H,4-7H2,1-3H3;4-7H2,1-3H3. The third kappa shape index (κ3) is 26.3. The summed E-state index contributed by atoms with van der Waals surface area (Å²) in [6, 6.07) is 0. The average molecular weight is 489 g/mol. The minimum Gasteiger partial charge on any atom is -0.318 e. The van der Waals surface area contributed by atoms with Crippen LogP contribution in [0.15, 0.2) is 0 Å². The van der Waals surface area contributed by atoms with Crippen molar-refractivity contribution in [2.75, 3.05) is 148 Å². The smallest absolute Gasteiger partial charge is 0.0107 e. The first-order chi connectivity index (χ1) is 16.2. The van der Waals surface area contributed by atoms with Gasteiger partial charge >= 0.3 is 0 Å². The molecule has 0 aromatic rings. The summed E-state index contributed by atoms with van der Waals surface area (Å²) >= 11 is 0. The fourth-order valence-electron chi connectivity index (χ4n) is 3.41. The summed E-state index contributed by atoms with van der Waals surface area (Å²) in [5.41, 5.74) is 0. The fourth-order valence-corrected chi connectivity index (χ4v) is 3.41. The van der Waals surface area contributed by atoms with Crippen LogP contribution in [0.4, 0.5) is 0 Å². The summed E-state index contributed by atoms with van der Waals surface area (Å²) in [5.74, 6) is 0. The average Bonchev–Trinajstić information content (AvgIpc) is 2.81. The highest BCUT2D eigenvalue weighted by Gasteiger charge is 2.08. The molecule has 34 heavy (non-hydrogen) atoms. The second kappa shape index (κ2) is 25.8. The van der Waals surface area contributed by atoms with E-state index < -0.39 is 0 Å². The number of nitrogens with one attached hydrogen (secondary N) is 2. The van der Waals surface area contributed by atoms with Crippen LogP contribution in [0.1, 0.15) is 26.7 Å². The van der Waals surface area contributed by atoms with Crippen LogP contribution in [-0.4, -0.2) is 177 Å². The van der Waals surface area contributed by atoms with Crippen molar-refractivity contribution >= 4 is 0 Å². The molecule has 208 valence electrons. The Morgan fingerprint density at radius 3 is 0.941 bits per heavy atom. The Morgan fingerprint density at radius 2 is 0.735 bits per heavy atom. The van der Waals surface area contributed by atoms with Gasteiger partial charge in [0, 0.05) is 78.5 Å². The van der Waals surface area contributed by atoms with E-state index in [4.69, 9.17) is 0 Å². The minimum atomic E-state index is 1.07. The van der Waals surface area contributed by atoms with Gasteiger partial charge in [-0.25, -0.2) is 0 Å². The molecule has 2 N–H and O–H groups in total. The molecule has 8 nitrogen and oxygen atoms in total. The lowest BCUT2D eigenvalue weighted by Crippen LogP contribution is -2.42. The van der Waals surface area contributed by atoms with Gasteiger partial charge in [-0.1, -0.05) is 13.8 Å². The van der Waals surface area contributed by atoms with Gasteiger partial charge in [0.05, 0.1) is 0 Å². The van der Waals surface area contributed by atoms with Crippen molar-refractivity contribution in [2.24, 2.45) is 0 Å². The molecule has 1 fully saturated rings. The first-order valence-electron chi connectivity index (χ1n) is 13.6. The summed E-state index contributed by atoms with van der Waals surface area (Å²) in [7, 11) is 17.2. The summed E-state index contributed by atoms with van der Waals surface area (Å²) in [4.78, 5) is 14.4. The van der Waals surface area contributed by atoms with E-state index in [1.165, 1.54) is 78.3 Å². The maximum absolute atomic E-state index is 3.11. The zero-order chi connectivity index (χ0) is 26.2. The third-order valence-corrected chi connectivity index (χ3v) is 6.15. The van der Waals surface area contributed by atoms with Crippen LogP contribution in [0.25, 0.3) is 0 Å². The normalized spacial score (nSPS) is 18.0. The quantitative estimate of drug-likeness (QED) is 0.469. The molecule has 0 atom stereocenters. The molecule has 0 spiro atoms. The van der Waals surface area contributed by atoms with E-state index in [0.717, 1.165) is 26.2 Å². The van der Waals surface area contributed by atoms with Crippen molar-refractivity contribution in [1.29, 1.82) is 0 Å². The predicted molar refractivity (Wildman–Crippen MR) is 153 cm³/mol. The highest BCUT2D eigenvalue weighted by molar-refractivity contribution is 4.65. The van der Waals surface area contributed by atoms with Crippen molar-refractivity contribution in [1.82, 2.24) is 40.0 Å². The molecule has 1 aliphatic rings. The molecular formula is C26H64N8. The van der Waals surface area contributed by atoms with Crippen LogP contribution in [0.2, 0.25) is 0 Å². The van der Waals surface area contributed by atoms with E-state index in [1.807, 2.05) is 14.1 Å². The Bertz CT molecular complexity index is 329. The van der Waals surface area contributed by atoms with E-state index in [0.29, 0.717) is 0 Å². The second-order valence-electron chi connectivity index (χ2n) is 10.0. The van der Waals surface area contributed by atoms with Crippen molar-refractivity contribution < 1.29 is 0 Å². The number of rotatable bonds is 10. The van der Waals surface area contributed by atoms with Crippen molar-refractivity contribution in [2.45, 2.75) is 26.7 Å². The van der Waals surface area contributed by atoms with Gasteiger partial charge in [0.1, 0.15) is 0 Å². The second-order valence-corrected chi connectivity index (χ2v) is 10.0. The van der Waals surface area contributed by atoms with E-state index in [1.54, 1.807) is 0 Å². The van der Waals surface area contributed by atoms with Crippen LogP contribution in [-0.2, 0) is 0 Å². The molecule has 0 aliphatic carbocycles. The van der Waals surface area contributed by atoms with E-state index in [2.05, 4.69) is 96.2 Å². The van der Waals surface area contributed by atoms with Crippen LogP contribution < -0.4 is 10.6 Å². The van der Waals surface area contributed by atoms with Gasteiger partial charge in [0.15, 0.2) is 0 Å². The molecular weight excluding hydrogens is 424 g/mol. The summed E-state index contributed by atoms with van der Waals surface area (Å²) < 4.78 is 0. The molecule has 0 aromatic carbocycles. The first kappa shape index (κ1) is 35.8. The number of nitrogens with zero attached hydrogens (tertiary/aromatic N) is 6. The van der Waals surface area contributed by atoms with Gasteiger partial charge in [-0.15, -0.1) is 0 Å².